The van der Waals surface area contributed by atoms with Crippen LogP contribution in [0.15, 0.2) is 42.7 Å². The van der Waals surface area contributed by atoms with Crippen molar-refractivity contribution in [1.29, 1.82) is 0 Å². The average molecular weight is 291 g/mol. The fourth-order valence-electron chi connectivity index (χ4n) is 2.03. The molecule has 2 aromatic rings. The van der Waals surface area contributed by atoms with E-state index in [1.807, 2.05) is 24.1 Å². The summed E-state index contributed by atoms with van der Waals surface area (Å²) in [5.74, 6) is -0.974. The minimum Gasteiger partial charge on any atom is -0.478 e. The molecule has 0 spiro atoms. The van der Waals surface area contributed by atoms with Crippen molar-refractivity contribution in [3.63, 3.8) is 0 Å². The molecule has 0 aliphatic carbocycles. The summed E-state index contributed by atoms with van der Waals surface area (Å²) < 4.78 is 0. The highest BCUT2D eigenvalue weighted by Crippen LogP contribution is 2.29. The van der Waals surface area contributed by atoms with Crippen molar-refractivity contribution in [2.75, 3.05) is 18.5 Å². The summed E-state index contributed by atoms with van der Waals surface area (Å²) in [5, 5.41) is 9.68. The first kappa shape index (κ1) is 14.3. The molecule has 0 radical (unpaired) electrons. The molecule has 4 nitrogen and oxygen atoms in total. The predicted octanol–water partition coefficient (Wildman–Crippen LogP) is 3.11. The molecule has 1 aromatic carbocycles. The zero-order chi connectivity index (χ0) is 14.5. The number of halogens is 1. The third kappa shape index (κ3) is 3.27. The number of likely N-dealkylation sites (N-methyl/N-ethyl adjacent to an activating group) is 1. The van der Waals surface area contributed by atoms with Crippen LogP contribution in [0.4, 0.5) is 5.69 Å². The van der Waals surface area contributed by atoms with Crippen LogP contribution in [0.5, 0.6) is 0 Å². The molecule has 1 aromatic heterocycles. The molecule has 0 amide bonds. The first-order valence-corrected chi connectivity index (χ1v) is 6.59. The second-order valence-corrected chi connectivity index (χ2v) is 4.88. The van der Waals surface area contributed by atoms with Crippen molar-refractivity contribution in [3.8, 4) is 0 Å². The lowest BCUT2D eigenvalue weighted by molar-refractivity contribution is 0.0697. The van der Waals surface area contributed by atoms with Crippen LogP contribution in [0.25, 0.3) is 0 Å². The van der Waals surface area contributed by atoms with Crippen molar-refractivity contribution < 1.29 is 9.90 Å². The number of carbonyl (C=O) groups is 1. The van der Waals surface area contributed by atoms with Gasteiger partial charge in [-0.2, -0.15) is 0 Å². The molecular weight excluding hydrogens is 276 g/mol. The Bertz CT molecular complexity index is 602. The Hall–Kier alpha value is -2.07. The highest BCUT2D eigenvalue weighted by molar-refractivity contribution is 6.34. The summed E-state index contributed by atoms with van der Waals surface area (Å²) in [7, 11) is 1.84. The van der Waals surface area contributed by atoms with Crippen molar-refractivity contribution in [2.24, 2.45) is 0 Å². The van der Waals surface area contributed by atoms with Gasteiger partial charge >= 0.3 is 5.97 Å². The van der Waals surface area contributed by atoms with E-state index in [1.165, 1.54) is 0 Å². The molecule has 0 bridgehead atoms. The van der Waals surface area contributed by atoms with E-state index in [4.69, 9.17) is 11.6 Å². The van der Waals surface area contributed by atoms with Gasteiger partial charge in [-0.05, 0) is 36.2 Å². The minimum atomic E-state index is -0.974. The molecule has 0 aliphatic rings. The number of hydrogen-bond acceptors (Lipinski definition) is 3. The fourth-order valence-corrected chi connectivity index (χ4v) is 2.35. The second kappa shape index (κ2) is 6.39. The van der Waals surface area contributed by atoms with Gasteiger partial charge in [-0.3, -0.25) is 4.98 Å². The van der Waals surface area contributed by atoms with Crippen molar-refractivity contribution in [1.82, 2.24) is 4.98 Å². The Kier molecular flexibility index (Phi) is 4.58. The lowest BCUT2D eigenvalue weighted by Gasteiger charge is -2.22. The summed E-state index contributed by atoms with van der Waals surface area (Å²) in [5.41, 5.74) is 1.92. The quantitative estimate of drug-likeness (QED) is 0.919. The van der Waals surface area contributed by atoms with E-state index >= 15 is 0 Å². The SMILES string of the molecule is CN(CCc1ccncc1)c1c(Cl)cccc1C(=O)O. The third-order valence-corrected chi connectivity index (χ3v) is 3.39. The largest absolute Gasteiger partial charge is 0.478 e. The molecule has 0 unspecified atom stereocenters. The monoisotopic (exact) mass is 290 g/mol. The lowest BCUT2D eigenvalue weighted by Crippen LogP contribution is -2.23. The van der Waals surface area contributed by atoms with Gasteiger partial charge in [0.1, 0.15) is 0 Å². The number of aromatic carboxylic acids is 1. The number of aromatic nitrogens is 1. The minimum absolute atomic E-state index is 0.217. The molecule has 0 saturated heterocycles. The van der Waals surface area contributed by atoms with Gasteiger partial charge in [0.15, 0.2) is 0 Å². The topological polar surface area (TPSA) is 53.4 Å². The van der Waals surface area contributed by atoms with Gasteiger partial charge in [0.2, 0.25) is 0 Å². The Labute approximate surface area is 122 Å². The molecule has 0 aliphatic heterocycles. The maximum Gasteiger partial charge on any atom is 0.337 e. The van der Waals surface area contributed by atoms with Crippen LogP contribution in [0.3, 0.4) is 0 Å². The molecule has 1 N–H and O–H groups in total. The van der Waals surface area contributed by atoms with Gasteiger partial charge in [-0.1, -0.05) is 17.7 Å². The number of para-hydroxylation sites is 1. The Morgan fingerprint density at radius 3 is 2.65 bits per heavy atom. The Balaban J connectivity index is 2.17. The Morgan fingerprint density at radius 2 is 2.00 bits per heavy atom. The zero-order valence-corrected chi connectivity index (χ0v) is 11.8. The predicted molar refractivity (Wildman–Crippen MR) is 79.6 cm³/mol. The number of anilines is 1. The molecule has 1 heterocycles. The number of benzene rings is 1. The summed E-state index contributed by atoms with van der Waals surface area (Å²) >= 11 is 6.14. The summed E-state index contributed by atoms with van der Waals surface area (Å²) in [6.45, 7) is 0.675. The van der Waals surface area contributed by atoms with Crippen LogP contribution in [-0.4, -0.2) is 29.7 Å². The van der Waals surface area contributed by atoms with Crippen molar-refractivity contribution in [2.45, 2.75) is 6.42 Å². The summed E-state index contributed by atoms with van der Waals surface area (Å²) in [6, 6.07) is 8.79. The molecular formula is C15H15ClN2O2. The van der Waals surface area contributed by atoms with Crippen LogP contribution in [-0.2, 0) is 6.42 Å². The van der Waals surface area contributed by atoms with Crippen LogP contribution >= 0.6 is 11.6 Å². The second-order valence-electron chi connectivity index (χ2n) is 4.47. The number of nitrogens with zero attached hydrogens (tertiary/aromatic N) is 2. The first-order chi connectivity index (χ1) is 9.59. The van der Waals surface area contributed by atoms with E-state index in [0.717, 1.165) is 12.0 Å². The maximum atomic E-state index is 11.3. The van der Waals surface area contributed by atoms with Gasteiger partial charge in [-0.25, -0.2) is 4.79 Å². The number of carboxylic acid groups (broad SMARTS) is 1. The molecule has 104 valence electrons. The number of rotatable bonds is 5. The maximum absolute atomic E-state index is 11.3. The Morgan fingerprint density at radius 1 is 1.30 bits per heavy atom. The van der Waals surface area contributed by atoms with E-state index in [0.29, 0.717) is 17.3 Å². The average Bonchev–Trinajstić information content (AvgIpc) is 2.45. The highest BCUT2D eigenvalue weighted by Gasteiger charge is 2.16. The zero-order valence-electron chi connectivity index (χ0n) is 11.1. The molecule has 2 rings (SSSR count). The first-order valence-electron chi connectivity index (χ1n) is 6.21. The molecule has 20 heavy (non-hydrogen) atoms. The molecule has 5 heteroatoms. The molecule has 0 atom stereocenters. The standard InChI is InChI=1S/C15H15ClN2O2/c1-18(10-7-11-5-8-17-9-6-11)14-12(15(19)20)3-2-4-13(14)16/h2-6,8-9H,7,10H2,1H3,(H,19,20). The normalized spacial score (nSPS) is 10.3. The van der Waals surface area contributed by atoms with Gasteiger partial charge in [0.25, 0.3) is 0 Å². The van der Waals surface area contributed by atoms with Crippen LogP contribution in [0, 0.1) is 0 Å². The van der Waals surface area contributed by atoms with Gasteiger partial charge in [0, 0.05) is 26.0 Å². The molecule has 0 fully saturated rings. The van der Waals surface area contributed by atoms with E-state index in [2.05, 4.69) is 4.98 Å². The van der Waals surface area contributed by atoms with E-state index in [9.17, 15) is 9.90 Å². The summed E-state index contributed by atoms with van der Waals surface area (Å²) in [4.78, 5) is 17.1. The van der Waals surface area contributed by atoms with E-state index in [1.54, 1.807) is 30.6 Å². The number of carboxylic acids is 1. The van der Waals surface area contributed by atoms with Crippen LogP contribution in [0.1, 0.15) is 15.9 Å². The number of hydrogen-bond donors (Lipinski definition) is 1. The summed E-state index contributed by atoms with van der Waals surface area (Å²) in [6.07, 6.45) is 4.28. The fraction of sp³-hybridized carbons (Fsp3) is 0.200. The number of pyridine rings is 1. The lowest BCUT2D eigenvalue weighted by atomic mass is 10.1. The van der Waals surface area contributed by atoms with Crippen molar-refractivity contribution in [3.05, 3.63) is 58.9 Å². The van der Waals surface area contributed by atoms with E-state index in [-0.39, 0.29) is 5.56 Å². The molecule has 0 saturated carbocycles. The highest BCUT2D eigenvalue weighted by atomic mass is 35.5. The van der Waals surface area contributed by atoms with Gasteiger partial charge in [0.05, 0.1) is 16.3 Å². The third-order valence-electron chi connectivity index (χ3n) is 3.08. The van der Waals surface area contributed by atoms with Crippen LogP contribution < -0.4 is 4.90 Å². The smallest absolute Gasteiger partial charge is 0.337 e. The van der Waals surface area contributed by atoms with Gasteiger partial charge < -0.3 is 10.0 Å². The van der Waals surface area contributed by atoms with Crippen LogP contribution in [0.2, 0.25) is 5.02 Å². The van der Waals surface area contributed by atoms with Crippen molar-refractivity contribution >= 4 is 23.3 Å². The van der Waals surface area contributed by atoms with E-state index < -0.39 is 5.97 Å². The van der Waals surface area contributed by atoms with Gasteiger partial charge in [-0.15, -0.1) is 0 Å².